The van der Waals surface area contributed by atoms with Crippen LogP contribution in [0.1, 0.15) is 59.9 Å². The largest absolute Gasteiger partial charge is 0.508 e. The van der Waals surface area contributed by atoms with Gasteiger partial charge in [-0.15, -0.1) is 0 Å². The first-order chi connectivity index (χ1) is 16.0. The van der Waals surface area contributed by atoms with Gasteiger partial charge in [0.15, 0.2) is 0 Å². The zero-order chi connectivity index (χ0) is 23.4. The standard InChI is InChI=1S/C28H35N3O2/c1-3-4-7-25-27(22-10-12-23(13-11-22)30-17-5-6-18-30)26(28(29)33)20(2)31(25)19-16-21-8-14-24(32)15-9-21/h8-15,32H,3-7,16-19H2,1-2H3,(H2,29,33). The summed E-state index contributed by atoms with van der Waals surface area (Å²) in [5.41, 5.74) is 13.1. The number of rotatable bonds is 9. The second kappa shape index (κ2) is 10.2. The molecular formula is C28H35N3O2. The van der Waals surface area contributed by atoms with Crippen molar-refractivity contribution >= 4 is 11.6 Å². The highest BCUT2D eigenvalue weighted by molar-refractivity contribution is 6.02. The lowest BCUT2D eigenvalue weighted by Crippen LogP contribution is -2.17. The SMILES string of the molecule is CCCCc1c(-c2ccc(N3CCCC3)cc2)c(C(N)=O)c(C)n1CCc1ccc(O)cc1. The molecule has 0 saturated carbocycles. The van der Waals surface area contributed by atoms with Gasteiger partial charge >= 0.3 is 0 Å². The number of unbranched alkanes of at least 4 members (excludes halogenated alkanes) is 1. The number of phenolic OH excluding ortho intramolecular Hbond substituents is 1. The van der Waals surface area contributed by atoms with E-state index in [1.54, 1.807) is 12.1 Å². The van der Waals surface area contributed by atoms with Crippen molar-refractivity contribution in [1.82, 2.24) is 4.57 Å². The van der Waals surface area contributed by atoms with E-state index in [1.165, 1.54) is 24.2 Å². The Balaban J connectivity index is 1.73. The van der Waals surface area contributed by atoms with E-state index in [0.29, 0.717) is 5.56 Å². The zero-order valence-electron chi connectivity index (χ0n) is 19.8. The molecule has 1 aromatic heterocycles. The van der Waals surface area contributed by atoms with Crippen molar-refractivity contribution in [3.8, 4) is 16.9 Å². The number of carbonyl (C=O) groups excluding carboxylic acids is 1. The molecule has 1 aliphatic heterocycles. The predicted molar refractivity (Wildman–Crippen MR) is 135 cm³/mol. The lowest BCUT2D eigenvalue weighted by Gasteiger charge is -2.18. The Kier molecular flexibility index (Phi) is 7.07. The van der Waals surface area contributed by atoms with Gasteiger partial charge in [-0.2, -0.15) is 0 Å². The molecule has 0 unspecified atom stereocenters. The average molecular weight is 446 g/mol. The van der Waals surface area contributed by atoms with Gasteiger partial charge in [0.25, 0.3) is 5.91 Å². The van der Waals surface area contributed by atoms with Crippen molar-refractivity contribution < 1.29 is 9.90 Å². The Hall–Kier alpha value is -3.21. The number of nitrogens with two attached hydrogens (primary N) is 1. The van der Waals surface area contributed by atoms with Crippen LogP contribution in [0.15, 0.2) is 48.5 Å². The zero-order valence-corrected chi connectivity index (χ0v) is 19.8. The first kappa shape index (κ1) is 23.0. The van der Waals surface area contributed by atoms with E-state index >= 15 is 0 Å². The van der Waals surface area contributed by atoms with Crippen molar-refractivity contribution in [2.75, 3.05) is 18.0 Å². The minimum absolute atomic E-state index is 0.273. The summed E-state index contributed by atoms with van der Waals surface area (Å²) in [6.07, 6.45) is 6.36. The third-order valence-corrected chi connectivity index (χ3v) is 6.83. The number of hydrogen-bond donors (Lipinski definition) is 2. The number of primary amides is 1. The fraction of sp³-hybridized carbons (Fsp3) is 0.393. The van der Waals surface area contributed by atoms with E-state index in [4.69, 9.17) is 5.73 Å². The summed E-state index contributed by atoms with van der Waals surface area (Å²) in [4.78, 5) is 15.0. The van der Waals surface area contributed by atoms with E-state index in [0.717, 1.165) is 67.7 Å². The molecule has 5 nitrogen and oxygen atoms in total. The summed E-state index contributed by atoms with van der Waals surface area (Å²) in [6, 6.07) is 16.0. The van der Waals surface area contributed by atoms with Crippen LogP contribution in [0.25, 0.3) is 11.1 Å². The molecule has 3 aromatic rings. The van der Waals surface area contributed by atoms with Gasteiger partial charge in [-0.1, -0.05) is 37.6 Å². The Bertz CT molecular complexity index is 1090. The van der Waals surface area contributed by atoms with Crippen LogP contribution < -0.4 is 10.6 Å². The molecule has 174 valence electrons. The topological polar surface area (TPSA) is 71.5 Å². The summed E-state index contributed by atoms with van der Waals surface area (Å²) >= 11 is 0. The van der Waals surface area contributed by atoms with Gasteiger partial charge in [0.05, 0.1) is 5.56 Å². The van der Waals surface area contributed by atoms with E-state index < -0.39 is 0 Å². The van der Waals surface area contributed by atoms with Crippen molar-refractivity contribution in [2.24, 2.45) is 5.73 Å². The Morgan fingerprint density at radius 3 is 2.27 bits per heavy atom. The van der Waals surface area contributed by atoms with Crippen LogP contribution in [-0.4, -0.2) is 28.7 Å². The molecule has 0 radical (unpaired) electrons. The van der Waals surface area contributed by atoms with Crippen LogP contribution in [0.4, 0.5) is 5.69 Å². The molecule has 33 heavy (non-hydrogen) atoms. The smallest absolute Gasteiger partial charge is 0.251 e. The van der Waals surface area contributed by atoms with Gasteiger partial charge in [0, 0.05) is 42.3 Å². The van der Waals surface area contributed by atoms with Crippen LogP contribution in [0.3, 0.4) is 0 Å². The van der Waals surface area contributed by atoms with E-state index in [1.807, 2.05) is 19.1 Å². The lowest BCUT2D eigenvalue weighted by atomic mass is 9.97. The predicted octanol–water partition coefficient (Wildman–Crippen LogP) is 5.45. The third kappa shape index (κ3) is 4.92. The Morgan fingerprint density at radius 1 is 1.00 bits per heavy atom. The fourth-order valence-corrected chi connectivity index (χ4v) is 5.03. The molecule has 2 aromatic carbocycles. The van der Waals surface area contributed by atoms with Crippen molar-refractivity contribution in [1.29, 1.82) is 0 Å². The second-order valence-corrected chi connectivity index (χ2v) is 9.06. The number of hydrogen-bond acceptors (Lipinski definition) is 3. The van der Waals surface area contributed by atoms with Gasteiger partial charge in [-0.25, -0.2) is 0 Å². The number of aromatic nitrogens is 1. The van der Waals surface area contributed by atoms with Crippen LogP contribution in [0, 0.1) is 6.92 Å². The van der Waals surface area contributed by atoms with Gasteiger partial charge in [0.2, 0.25) is 0 Å². The number of nitrogens with zero attached hydrogens (tertiary/aromatic N) is 2. The highest BCUT2D eigenvalue weighted by Crippen LogP contribution is 2.35. The van der Waals surface area contributed by atoms with E-state index in [-0.39, 0.29) is 11.7 Å². The molecule has 1 saturated heterocycles. The number of benzene rings is 2. The minimum Gasteiger partial charge on any atom is -0.508 e. The van der Waals surface area contributed by atoms with Crippen LogP contribution >= 0.6 is 0 Å². The molecule has 1 fully saturated rings. The lowest BCUT2D eigenvalue weighted by molar-refractivity contribution is 0.1000. The summed E-state index contributed by atoms with van der Waals surface area (Å²) in [6.45, 7) is 7.19. The van der Waals surface area contributed by atoms with E-state index in [9.17, 15) is 9.90 Å². The van der Waals surface area contributed by atoms with Gasteiger partial charge in [-0.05, 0) is 74.4 Å². The molecule has 1 aliphatic rings. The number of anilines is 1. The quantitative estimate of drug-likeness (QED) is 0.460. The molecule has 5 heteroatoms. The number of aryl methyl sites for hydroxylation is 1. The molecule has 4 rings (SSSR count). The molecule has 1 amide bonds. The average Bonchev–Trinajstić information content (AvgIpc) is 3.44. The fourth-order valence-electron chi connectivity index (χ4n) is 5.03. The highest BCUT2D eigenvalue weighted by Gasteiger charge is 2.24. The van der Waals surface area contributed by atoms with Crippen molar-refractivity contribution in [2.45, 2.75) is 58.9 Å². The summed E-state index contributed by atoms with van der Waals surface area (Å²) in [5.74, 6) is -0.0949. The normalized spacial score (nSPS) is 13.6. The van der Waals surface area contributed by atoms with Crippen molar-refractivity contribution in [3.63, 3.8) is 0 Å². The number of aromatic hydroxyl groups is 1. The maximum Gasteiger partial charge on any atom is 0.251 e. The maximum absolute atomic E-state index is 12.6. The van der Waals surface area contributed by atoms with Crippen LogP contribution in [0.2, 0.25) is 0 Å². The molecule has 0 bridgehead atoms. The first-order valence-electron chi connectivity index (χ1n) is 12.1. The number of carbonyl (C=O) groups is 1. The molecule has 2 heterocycles. The first-order valence-corrected chi connectivity index (χ1v) is 12.1. The summed E-state index contributed by atoms with van der Waals surface area (Å²) in [7, 11) is 0. The van der Waals surface area contributed by atoms with Gasteiger partial charge in [0.1, 0.15) is 5.75 Å². The molecule has 0 atom stereocenters. The molecular weight excluding hydrogens is 410 g/mol. The monoisotopic (exact) mass is 445 g/mol. The maximum atomic E-state index is 12.6. The Morgan fingerprint density at radius 2 is 1.67 bits per heavy atom. The summed E-state index contributed by atoms with van der Waals surface area (Å²) < 4.78 is 2.28. The number of amides is 1. The molecule has 3 N–H and O–H groups in total. The summed E-state index contributed by atoms with van der Waals surface area (Å²) in [5, 5.41) is 9.58. The number of phenols is 1. The third-order valence-electron chi connectivity index (χ3n) is 6.83. The van der Waals surface area contributed by atoms with Crippen LogP contribution in [0.5, 0.6) is 5.75 Å². The minimum atomic E-state index is -0.368. The van der Waals surface area contributed by atoms with Crippen molar-refractivity contribution in [3.05, 3.63) is 71.0 Å². The van der Waals surface area contributed by atoms with Crippen LogP contribution in [-0.2, 0) is 19.4 Å². The second-order valence-electron chi connectivity index (χ2n) is 9.06. The van der Waals surface area contributed by atoms with Gasteiger partial charge in [-0.3, -0.25) is 4.79 Å². The molecule has 0 spiro atoms. The highest BCUT2D eigenvalue weighted by atomic mass is 16.3. The Labute approximate surface area is 196 Å². The van der Waals surface area contributed by atoms with Gasteiger partial charge < -0.3 is 20.3 Å². The molecule has 0 aliphatic carbocycles. The van der Waals surface area contributed by atoms with E-state index in [2.05, 4.69) is 40.7 Å².